The van der Waals surface area contributed by atoms with E-state index in [1.165, 1.54) is 31.5 Å². The van der Waals surface area contributed by atoms with E-state index in [4.69, 9.17) is 0 Å². The van der Waals surface area contributed by atoms with Gasteiger partial charge in [0.15, 0.2) is 0 Å². The highest BCUT2D eigenvalue weighted by atomic mass is 16.3. The molecule has 3 heteroatoms. The molecule has 1 aliphatic heterocycles. The molecule has 0 aromatic heterocycles. The van der Waals surface area contributed by atoms with Crippen LogP contribution in [0.15, 0.2) is 12.1 Å². The Bertz CT molecular complexity index is 425. The van der Waals surface area contributed by atoms with Gasteiger partial charge in [-0.15, -0.1) is 0 Å². The minimum Gasteiger partial charge on any atom is -0.507 e. The largest absolute Gasteiger partial charge is 0.507 e. The van der Waals surface area contributed by atoms with Gasteiger partial charge in [-0.1, -0.05) is 12.1 Å². The first-order valence-electron chi connectivity index (χ1n) is 7.74. The van der Waals surface area contributed by atoms with Gasteiger partial charge >= 0.3 is 0 Å². The fourth-order valence-corrected chi connectivity index (χ4v) is 3.03. The van der Waals surface area contributed by atoms with Crippen molar-refractivity contribution < 1.29 is 5.11 Å². The maximum absolute atomic E-state index is 9.80. The molecule has 2 rings (SSSR count). The van der Waals surface area contributed by atoms with Crippen LogP contribution in [0, 0.1) is 13.8 Å². The first-order chi connectivity index (χ1) is 9.47. The van der Waals surface area contributed by atoms with E-state index in [2.05, 4.69) is 36.2 Å². The predicted molar refractivity (Wildman–Crippen MR) is 84.2 cm³/mol. The summed E-state index contributed by atoms with van der Waals surface area (Å²) in [6, 6.07) is 5.45. The van der Waals surface area contributed by atoms with Crippen molar-refractivity contribution in [3.63, 3.8) is 0 Å². The van der Waals surface area contributed by atoms with Gasteiger partial charge in [0.2, 0.25) is 0 Å². The van der Waals surface area contributed by atoms with Crippen LogP contribution >= 0.6 is 0 Å². The monoisotopic (exact) mass is 276 g/mol. The quantitative estimate of drug-likeness (QED) is 0.887. The topological polar surface area (TPSA) is 35.5 Å². The van der Waals surface area contributed by atoms with Crippen molar-refractivity contribution in [1.29, 1.82) is 0 Å². The van der Waals surface area contributed by atoms with Crippen molar-refractivity contribution in [2.24, 2.45) is 0 Å². The Hall–Kier alpha value is -1.06. The van der Waals surface area contributed by atoms with Crippen LogP contribution in [-0.2, 0) is 6.54 Å². The fourth-order valence-electron chi connectivity index (χ4n) is 3.03. The van der Waals surface area contributed by atoms with E-state index in [1.54, 1.807) is 0 Å². The second kappa shape index (κ2) is 6.59. The molecule has 112 valence electrons. The lowest BCUT2D eigenvalue weighted by atomic mass is 10.0. The van der Waals surface area contributed by atoms with Crippen molar-refractivity contribution in [1.82, 2.24) is 10.2 Å². The maximum atomic E-state index is 9.80. The zero-order chi connectivity index (χ0) is 14.7. The van der Waals surface area contributed by atoms with Crippen LogP contribution in [0.3, 0.4) is 0 Å². The first kappa shape index (κ1) is 15.3. The van der Waals surface area contributed by atoms with Gasteiger partial charge < -0.3 is 15.3 Å². The molecule has 1 fully saturated rings. The zero-order valence-electron chi connectivity index (χ0n) is 13.2. The third kappa shape index (κ3) is 3.74. The molecule has 1 saturated heterocycles. The van der Waals surface area contributed by atoms with Gasteiger partial charge in [-0.25, -0.2) is 0 Å². The van der Waals surface area contributed by atoms with Gasteiger partial charge in [0.25, 0.3) is 0 Å². The molecule has 1 aromatic carbocycles. The number of aromatic hydroxyl groups is 1. The molecule has 0 saturated carbocycles. The Labute approximate surface area is 123 Å². The number of phenols is 1. The smallest absolute Gasteiger partial charge is 0.121 e. The highest BCUT2D eigenvalue weighted by molar-refractivity contribution is 5.42. The zero-order valence-corrected chi connectivity index (χ0v) is 13.2. The molecule has 0 bridgehead atoms. The molecular weight excluding hydrogens is 248 g/mol. The van der Waals surface area contributed by atoms with Crippen LogP contribution in [0.1, 0.15) is 43.4 Å². The van der Waals surface area contributed by atoms with Crippen molar-refractivity contribution in [3.05, 3.63) is 28.8 Å². The maximum Gasteiger partial charge on any atom is 0.121 e. The summed E-state index contributed by atoms with van der Waals surface area (Å²) in [5.41, 5.74) is 3.21. The molecular formula is C17H28N2O. The summed E-state index contributed by atoms with van der Waals surface area (Å²) >= 11 is 0. The first-order valence-corrected chi connectivity index (χ1v) is 7.74. The molecule has 3 nitrogen and oxygen atoms in total. The summed E-state index contributed by atoms with van der Waals surface area (Å²) in [6.45, 7) is 11.8. The van der Waals surface area contributed by atoms with Crippen LogP contribution in [0.5, 0.6) is 5.75 Å². The molecule has 0 amide bonds. The van der Waals surface area contributed by atoms with E-state index >= 15 is 0 Å². The third-order valence-electron chi connectivity index (χ3n) is 4.41. The van der Waals surface area contributed by atoms with Crippen LogP contribution in [0.4, 0.5) is 0 Å². The average molecular weight is 276 g/mol. The van der Waals surface area contributed by atoms with Crippen LogP contribution in [0.25, 0.3) is 0 Å². The van der Waals surface area contributed by atoms with Crippen molar-refractivity contribution in [3.8, 4) is 5.75 Å². The van der Waals surface area contributed by atoms with E-state index in [0.717, 1.165) is 17.7 Å². The van der Waals surface area contributed by atoms with Gasteiger partial charge in [0, 0.05) is 18.6 Å². The van der Waals surface area contributed by atoms with Crippen molar-refractivity contribution in [2.75, 3.05) is 13.1 Å². The number of hydrogen-bond donors (Lipinski definition) is 2. The lowest BCUT2D eigenvalue weighted by molar-refractivity contribution is 0.161. The molecule has 0 unspecified atom stereocenters. The predicted octanol–water partition coefficient (Wildman–Crippen LogP) is 2.97. The van der Waals surface area contributed by atoms with E-state index in [1.807, 2.05) is 13.8 Å². The van der Waals surface area contributed by atoms with Crippen LogP contribution in [-0.4, -0.2) is 35.2 Å². The van der Waals surface area contributed by atoms with Gasteiger partial charge in [-0.3, -0.25) is 0 Å². The van der Waals surface area contributed by atoms with Gasteiger partial charge in [0.1, 0.15) is 5.75 Å². The average Bonchev–Trinajstić information content (AvgIpc) is 2.42. The van der Waals surface area contributed by atoms with Crippen molar-refractivity contribution in [2.45, 2.75) is 59.2 Å². The summed E-state index contributed by atoms with van der Waals surface area (Å²) in [7, 11) is 0. The molecule has 0 radical (unpaired) electrons. The number of rotatable bonds is 4. The van der Waals surface area contributed by atoms with E-state index in [9.17, 15) is 5.11 Å². The number of nitrogens with one attached hydrogen (secondary N) is 1. The molecule has 2 N–H and O–H groups in total. The number of piperidine rings is 1. The van der Waals surface area contributed by atoms with E-state index < -0.39 is 0 Å². The number of phenolic OH excluding ortho intramolecular Hbond substituents is 1. The second-order valence-corrected chi connectivity index (χ2v) is 6.36. The standard InChI is InChI=1S/C17H28N2O/c1-12(2)19-7-5-16(6-8-19)18-11-15-9-13(3)17(20)14(4)10-15/h9-10,12,16,18,20H,5-8,11H2,1-4H3. The highest BCUT2D eigenvalue weighted by Crippen LogP contribution is 2.23. The Kier molecular flexibility index (Phi) is 5.06. The molecule has 0 atom stereocenters. The highest BCUT2D eigenvalue weighted by Gasteiger charge is 2.20. The number of benzene rings is 1. The minimum atomic E-state index is 0.430. The van der Waals surface area contributed by atoms with Gasteiger partial charge in [-0.2, -0.15) is 0 Å². The van der Waals surface area contributed by atoms with E-state index in [-0.39, 0.29) is 0 Å². The third-order valence-corrected chi connectivity index (χ3v) is 4.41. The van der Waals surface area contributed by atoms with Gasteiger partial charge in [-0.05, 0) is 70.3 Å². The molecule has 1 heterocycles. The SMILES string of the molecule is Cc1cc(CNC2CCN(C(C)C)CC2)cc(C)c1O. The van der Waals surface area contributed by atoms with Crippen LogP contribution < -0.4 is 5.32 Å². The second-order valence-electron chi connectivity index (χ2n) is 6.36. The van der Waals surface area contributed by atoms with E-state index in [0.29, 0.717) is 17.8 Å². The normalized spacial score (nSPS) is 17.9. The summed E-state index contributed by atoms with van der Waals surface area (Å²) in [5.74, 6) is 0.430. The van der Waals surface area contributed by atoms with Gasteiger partial charge in [0.05, 0.1) is 0 Å². The summed E-state index contributed by atoms with van der Waals surface area (Å²) in [5, 5.41) is 13.5. The molecule has 20 heavy (non-hydrogen) atoms. The minimum absolute atomic E-state index is 0.430. The molecule has 0 aliphatic carbocycles. The molecule has 0 spiro atoms. The Morgan fingerprint density at radius 2 is 1.75 bits per heavy atom. The lowest BCUT2D eigenvalue weighted by Crippen LogP contribution is -2.44. The lowest BCUT2D eigenvalue weighted by Gasteiger charge is -2.35. The van der Waals surface area contributed by atoms with Crippen LogP contribution in [0.2, 0.25) is 0 Å². The number of aryl methyl sites for hydroxylation is 2. The Morgan fingerprint density at radius 3 is 2.25 bits per heavy atom. The Morgan fingerprint density at radius 1 is 1.20 bits per heavy atom. The molecule has 1 aromatic rings. The fraction of sp³-hybridized carbons (Fsp3) is 0.647. The summed E-state index contributed by atoms with van der Waals surface area (Å²) in [6.07, 6.45) is 2.46. The summed E-state index contributed by atoms with van der Waals surface area (Å²) < 4.78 is 0. The summed E-state index contributed by atoms with van der Waals surface area (Å²) in [4.78, 5) is 2.55. The number of nitrogens with zero attached hydrogens (tertiary/aromatic N) is 1. The number of likely N-dealkylation sites (tertiary alicyclic amines) is 1. The molecule has 1 aliphatic rings. The Balaban J connectivity index is 1.85. The number of hydrogen-bond acceptors (Lipinski definition) is 3. The van der Waals surface area contributed by atoms with Crippen molar-refractivity contribution >= 4 is 0 Å².